The number of hydrogen-bond acceptors (Lipinski definition) is 5. The zero-order valence-electron chi connectivity index (χ0n) is 9.22. The zero-order valence-corrected chi connectivity index (χ0v) is 9.22. The number of azide groups is 1. The summed E-state index contributed by atoms with van der Waals surface area (Å²) in [6.07, 6.45) is 0.165. The van der Waals surface area contributed by atoms with Crippen molar-refractivity contribution in [3.8, 4) is 0 Å². The highest BCUT2D eigenvalue weighted by atomic mass is 16.6. The highest BCUT2D eigenvalue weighted by Gasteiger charge is 2.32. The Balaban J connectivity index is 2.40. The van der Waals surface area contributed by atoms with Crippen LogP contribution in [-0.4, -0.2) is 36.0 Å². The van der Waals surface area contributed by atoms with Gasteiger partial charge >= 0.3 is 5.97 Å². The molecular formula is C9H16N4O3. The summed E-state index contributed by atoms with van der Waals surface area (Å²) < 4.78 is 4.82. The first-order valence-corrected chi connectivity index (χ1v) is 5.22. The average Bonchev–Trinajstić information content (AvgIpc) is 2.17. The molecule has 16 heavy (non-hydrogen) atoms. The van der Waals surface area contributed by atoms with Crippen molar-refractivity contribution in [3.63, 3.8) is 0 Å². The van der Waals surface area contributed by atoms with E-state index in [1.165, 1.54) is 6.92 Å². The van der Waals surface area contributed by atoms with Gasteiger partial charge in [-0.1, -0.05) is 0 Å². The van der Waals surface area contributed by atoms with E-state index >= 15 is 0 Å². The molecule has 90 valence electrons. The minimum absolute atomic E-state index is 0.0556. The smallest absolute Gasteiger partial charge is 0.309 e. The number of aliphatic hydroxyl groups is 1. The van der Waals surface area contributed by atoms with Gasteiger partial charge in [-0.25, -0.2) is 0 Å². The number of carbonyl (C=O) groups excluding carboxylic acids is 1. The summed E-state index contributed by atoms with van der Waals surface area (Å²) >= 11 is 0. The third kappa shape index (κ3) is 4.06. The molecule has 1 heterocycles. The standard InChI is InChI=1S/C9H16N4O3/c1-7(12-13-10)16-8(14)6-9(15)2-4-11-5-3-9/h7,11,15H,2-6H2,1H3. The molecule has 1 rings (SSSR count). The zero-order chi connectivity index (χ0) is 12.0. The number of ether oxygens (including phenoxy) is 1. The lowest BCUT2D eigenvalue weighted by atomic mass is 9.89. The van der Waals surface area contributed by atoms with Crippen LogP contribution in [0.15, 0.2) is 5.11 Å². The summed E-state index contributed by atoms with van der Waals surface area (Å²) in [6, 6.07) is 0. The van der Waals surface area contributed by atoms with Gasteiger partial charge in [0.15, 0.2) is 6.23 Å². The first-order valence-electron chi connectivity index (χ1n) is 5.22. The number of carbonyl (C=O) groups is 1. The van der Waals surface area contributed by atoms with E-state index in [4.69, 9.17) is 10.3 Å². The first-order chi connectivity index (χ1) is 7.56. The molecule has 1 aliphatic heterocycles. The minimum atomic E-state index is -0.988. The van der Waals surface area contributed by atoms with Gasteiger partial charge in [-0.05, 0) is 43.5 Å². The molecule has 2 N–H and O–H groups in total. The van der Waals surface area contributed by atoms with Crippen molar-refractivity contribution >= 4 is 5.97 Å². The lowest BCUT2D eigenvalue weighted by Crippen LogP contribution is -2.43. The number of esters is 1. The third-order valence-corrected chi connectivity index (χ3v) is 2.52. The first kappa shape index (κ1) is 12.8. The van der Waals surface area contributed by atoms with E-state index in [1.807, 2.05) is 0 Å². The van der Waals surface area contributed by atoms with Gasteiger partial charge in [0.05, 0.1) is 12.0 Å². The van der Waals surface area contributed by atoms with Crippen molar-refractivity contribution in [3.05, 3.63) is 10.4 Å². The molecule has 1 unspecified atom stereocenters. The Morgan fingerprint density at radius 3 is 2.88 bits per heavy atom. The SMILES string of the molecule is CC(N=[N+]=[N-])OC(=O)CC1(O)CCNCC1. The fourth-order valence-electron chi connectivity index (χ4n) is 1.67. The Bertz CT molecular complexity index is 295. The van der Waals surface area contributed by atoms with Crippen molar-refractivity contribution in [2.75, 3.05) is 13.1 Å². The molecule has 1 aliphatic rings. The molecule has 7 heteroatoms. The lowest BCUT2D eigenvalue weighted by molar-refractivity contribution is -0.154. The van der Waals surface area contributed by atoms with Crippen molar-refractivity contribution in [1.29, 1.82) is 0 Å². The summed E-state index contributed by atoms with van der Waals surface area (Å²) in [5.74, 6) is -0.538. The number of nitrogens with one attached hydrogen (secondary N) is 1. The Kier molecular flexibility index (Phi) is 4.54. The van der Waals surface area contributed by atoms with E-state index in [1.54, 1.807) is 0 Å². The van der Waals surface area contributed by atoms with E-state index in [-0.39, 0.29) is 6.42 Å². The van der Waals surface area contributed by atoms with E-state index in [2.05, 4.69) is 15.3 Å². The third-order valence-electron chi connectivity index (χ3n) is 2.52. The fraction of sp³-hybridized carbons (Fsp3) is 0.889. The molecule has 1 atom stereocenters. The molecule has 0 bridgehead atoms. The number of rotatable bonds is 4. The van der Waals surface area contributed by atoms with E-state index in [0.29, 0.717) is 25.9 Å². The molecule has 7 nitrogen and oxygen atoms in total. The normalized spacial score (nSPS) is 20.6. The average molecular weight is 228 g/mol. The second-order valence-corrected chi connectivity index (χ2v) is 3.95. The maximum atomic E-state index is 11.4. The van der Waals surface area contributed by atoms with E-state index in [0.717, 1.165) is 0 Å². The molecule has 0 aliphatic carbocycles. The van der Waals surface area contributed by atoms with Crippen LogP contribution < -0.4 is 5.32 Å². The largest absolute Gasteiger partial charge is 0.456 e. The van der Waals surface area contributed by atoms with Crippen LogP contribution in [0.25, 0.3) is 10.4 Å². The van der Waals surface area contributed by atoms with Crippen LogP contribution in [-0.2, 0) is 9.53 Å². The maximum absolute atomic E-state index is 11.4. The van der Waals surface area contributed by atoms with Gasteiger partial charge in [-0.2, -0.15) is 0 Å². The fourth-order valence-corrected chi connectivity index (χ4v) is 1.67. The quantitative estimate of drug-likeness (QED) is 0.319. The Morgan fingerprint density at radius 2 is 2.31 bits per heavy atom. The molecule has 0 aromatic carbocycles. The molecule has 1 saturated heterocycles. The number of hydrogen-bond donors (Lipinski definition) is 2. The number of piperidine rings is 1. The van der Waals surface area contributed by atoms with Gasteiger partial charge < -0.3 is 15.2 Å². The van der Waals surface area contributed by atoms with Crippen molar-refractivity contribution in [1.82, 2.24) is 5.32 Å². The van der Waals surface area contributed by atoms with E-state index < -0.39 is 17.8 Å². The molecule has 1 fully saturated rings. The van der Waals surface area contributed by atoms with Gasteiger partial charge in [0.1, 0.15) is 0 Å². The van der Waals surface area contributed by atoms with Crippen LogP contribution in [0.3, 0.4) is 0 Å². The number of nitrogens with zero attached hydrogens (tertiary/aromatic N) is 3. The molecule has 0 aromatic heterocycles. The molecule has 0 amide bonds. The van der Waals surface area contributed by atoms with Crippen molar-refractivity contribution < 1.29 is 14.6 Å². The summed E-state index contributed by atoms with van der Waals surface area (Å²) in [6.45, 7) is 2.86. The monoisotopic (exact) mass is 228 g/mol. The van der Waals surface area contributed by atoms with Gasteiger partial charge in [0.25, 0.3) is 0 Å². The van der Waals surface area contributed by atoms with E-state index in [9.17, 15) is 9.90 Å². The molecule has 0 saturated carbocycles. The van der Waals surface area contributed by atoms with Crippen LogP contribution >= 0.6 is 0 Å². The predicted octanol–water partition coefficient (Wildman–Crippen LogP) is 0.690. The predicted molar refractivity (Wildman–Crippen MR) is 56.4 cm³/mol. The van der Waals surface area contributed by atoms with Crippen LogP contribution in [0, 0.1) is 0 Å². The summed E-state index contributed by atoms with van der Waals surface area (Å²) in [4.78, 5) is 13.9. The Labute approximate surface area is 93.4 Å². The van der Waals surface area contributed by atoms with Crippen LogP contribution in [0.4, 0.5) is 0 Å². The molecule has 0 radical (unpaired) electrons. The van der Waals surface area contributed by atoms with Crippen molar-refractivity contribution in [2.24, 2.45) is 5.11 Å². The highest BCUT2D eigenvalue weighted by molar-refractivity contribution is 5.70. The summed E-state index contributed by atoms with van der Waals surface area (Å²) in [7, 11) is 0. The minimum Gasteiger partial charge on any atom is -0.456 e. The highest BCUT2D eigenvalue weighted by Crippen LogP contribution is 2.22. The second-order valence-electron chi connectivity index (χ2n) is 3.95. The lowest BCUT2D eigenvalue weighted by Gasteiger charge is -2.31. The van der Waals surface area contributed by atoms with Crippen LogP contribution in [0.1, 0.15) is 26.2 Å². The Hall–Kier alpha value is -1.30. The van der Waals surface area contributed by atoms with Crippen LogP contribution in [0.2, 0.25) is 0 Å². The molecule has 0 spiro atoms. The molecular weight excluding hydrogens is 212 g/mol. The summed E-state index contributed by atoms with van der Waals surface area (Å²) in [5, 5.41) is 16.4. The topological polar surface area (TPSA) is 107 Å². The van der Waals surface area contributed by atoms with Crippen molar-refractivity contribution in [2.45, 2.75) is 38.0 Å². The Morgan fingerprint density at radius 1 is 1.69 bits per heavy atom. The van der Waals surface area contributed by atoms with Gasteiger partial charge in [-0.15, -0.1) is 0 Å². The van der Waals surface area contributed by atoms with Gasteiger partial charge in [0.2, 0.25) is 0 Å². The second kappa shape index (κ2) is 5.69. The molecule has 0 aromatic rings. The van der Waals surface area contributed by atoms with Gasteiger partial charge in [0, 0.05) is 4.91 Å². The van der Waals surface area contributed by atoms with Crippen LogP contribution in [0.5, 0.6) is 0 Å². The van der Waals surface area contributed by atoms with Gasteiger partial charge in [-0.3, -0.25) is 4.79 Å². The maximum Gasteiger partial charge on any atom is 0.309 e. The summed E-state index contributed by atoms with van der Waals surface area (Å²) in [5.41, 5.74) is 7.14.